The third kappa shape index (κ3) is 3.21. The molecule has 1 aliphatic rings. The molecular weight excluding hydrogens is 257 g/mol. The molecule has 1 saturated carbocycles. The van der Waals surface area contributed by atoms with E-state index in [0.29, 0.717) is 17.5 Å². The van der Waals surface area contributed by atoms with Crippen LogP contribution in [0, 0.1) is 11.7 Å². The van der Waals surface area contributed by atoms with E-state index in [-0.39, 0.29) is 5.56 Å². The third-order valence-corrected chi connectivity index (χ3v) is 3.25. The maximum absolute atomic E-state index is 13.8. The van der Waals surface area contributed by atoms with Crippen molar-refractivity contribution in [3.63, 3.8) is 0 Å². The SMILES string of the molecule is COC(=O)C(NCC1CC1)c1cc(Cl)ccc1F. The Morgan fingerprint density at radius 1 is 1.61 bits per heavy atom. The number of rotatable bonds is 5. The Morgan fingerprint density at radius 3 is 2.94 bits per heavy atom. The molecule has 0 amide bonds. The summed E-state index contributed by atoms with van der Waals surface area (Å²) in [4.78, 5) is 11.7. The van der Waals surface area contributed by atoms with E-state index < -0.39 is 17.8 Å². The predicted octanol–water partition coefficient (Wildman–Crippen LogP) is 2.69. The van der Waals surface area contributed by atoms with Crippen molar-refractivity contribution < 1.29 is 13.9 Å². The normalized spacial score (nSPS) is 16.4. The predicted molar refractivity (Wildman–Crippen MR) is 66.9 cm³/mol. The maximum atomic E-state index is 13.8. The second-order valence-electron chi connectivity index (χ2n) is 4.47. The lowest BCUT2D eigenvalue weighted by molar-refractivity contribution is -0.143. The van der Waals surface area contributed by atoms with Crippen LogP contribution in [0.2, 0.25) is 5.02 Å². The number of nitrogens with one attached hydrogen (secondary N) is 1. The van der Waals surface area contributed by atoms with Crippen LogP contribution in [0.1, 0.15) is 24.4 Å². The molecule has 3 nitrogen and oxygen atoms in total. The Kier molecular flexibility index (Phi) is 4.19. The smallest absolute Gasteiger partial charge is 0.327 e. The Balaban J connectivity index is 2.19. The molecule has 0 radical (unpaired) electrons. The summed E-state index contributed by atoms with van der Waals surface area (Å²) in [7, 11) is 1.29. The topological polar surface area (TPSA) is 38.3 Å². The molecule has 2 rings (SSSR count). The van der Waals surface area contributed by atoms with Gasteiger partial charge in [-0.25, -0.2) is 9.18 Å². The number of ether oxygens (including phenoxy) is 1. The molecule has 0 saturated heterocycles. The Bertz CT molecular complexity index is 449. The fourth-order valence-corrected chi connectivity index (χ4v) is 1.96. The van der Waals surface area contributed by atoms with Crippen LogP contribution in [0.5, 0.6) is 0 Å². The number of carbonyl (C=O) groups excluding carboxylic acids is 1. The molecule has 0 heterocycles. The first-order valence-electron chi connectivity index (χ1n) is 5.88. The van der Waals surface area contributed by atoms with Gasteiger partial charge < -0.3 is 10.1 Å². The van der Waals surface area contributed by atoms with Gasteiger partial charge in [-0.15, -0.1) is 0 Å². The van der Waals surface area contributed by atoms with Crippen molar-refractivity contribution >= 4 is 17.6 Å². The molecular formula is C13H15ClFNO2. The number of methoxy groups -OCH3 is 1. The summed E-state index contributed by atoms with van der Waals surface area (Å²) in [5.74, 6) is -0.380. The Morgan fingerprint density at radius 2 is 2.33 bits per heavy atom. The van der Waals surface area contributed by atoms with Gasteiger partial charge in [0.2, 0.25) is 0 Å². The summed E-state index contributed by atoms with van der Waals surface area (Å²) >= 11 is 5.84. The average Bonchev–Trinajstić information content (AvgIpc) is 3.17. The average molecular weight is 272 g/mol. The maximum Gasteiger partial charge on any atom is 0.327 e. The van der Waals surface area contributed by atoms with E-state index in [1.807, 2.05) is 0 Å². The van der Waals surface area contributed by atoms with Crippen molar-refractivity contribution in [2.45, 2.75) is 18.9 Å². The first-order valence-corrected chi connectivity index (χ1v) is 6.25. The van der Waals surface area contributed by atoms with Gasteiger partial charge in [0.05, 0.1) is 7.11 Å². The van der Waals surface area contributed by atoms with Gasteiger partial charge in [-0.05, 0) is 43.5 Å². The van der Waals surface area contributed by atoms with E-state index in [0.717, 1.165) is 12.8 Å². The highest BCUT2D eigenvalue weighted by Crippen LogP contribution is 2.29. The lowest BCUT2D eigenvalue weighted by Crippen LogP contribution is -2.31. The molecule has 18 heavy (non-hydrogen) atoms. The summed E-state index contributed by atoms with van der Waals surface area (Å²) in [6.07, 6.45) is 2.30. The van der Waals surface area contributed by atoms with E-state index >= 15 is 0 Å². The van der Waals surface area contributed by atoms with Crippen LogP contribution < -0.4 is 5.32 Å². The summed E-state index contributed by atoms with van der Waals surface area (Å²) < 4.78 is 18.5. The molecule has 0 aromatic heterocycles. The lowest BCUT2D eigenvalue weighted by atomic mass is 10.1. The van der Waals surface area contributed by atoms with Gasteiger partial charge in [0.15, 0.2) is 0 Å². The highest BCUT2D eigenvalue weighted by molar-refractivity contribution is 6.30. The minimum atomic E-state index is -0.797. The molecule has 0 aliphatic heterocycles. The van der Waals surface area contributed by atoms with Crippen molar-refractivity contribution in [1.82, 2.24) is 5.32 Å². The van der Waals surface area contributed by atoms with Crippen LogP contribution in [0.15, 0.2) is 18.2 Å². The Labute approximate surface area is 110 Å². The van der Waals surface area contributed by atoms with Crippen LogP contribution in [0.4, 0.5) is 4.39 Å². The van der Waals surface area contributed by atoms with Crippen LogP contribution in [0.3, 0.4) is 0 Å². The van der Waals surface area contributed by atoms with Gasteiger partial charge in [0.1, 0.15) is 11.9 Å². The number of carbonyl (C=O) groups is 1. The summed E-state index contributed by atoms with van der Waals surface area (Å²) in [5.41, 5.74) is 0.231. The second-order valence-corrected chi connectivity index (χ2v) is 4.91. The van der Waals surface area contributed by atoms with Crippen LogP contribution in [-0.4, -0.2) is 19.6 Å². The van der Waals surface area contributed by atoms with E-state index in [1.165, 1.54) is 25.3 Å². The van der Waals surface area contributed by atoms with Crippen LogP contribution in [-0.2, 0) is 9.53 Å². The van der Waals surface area contributed by atoms with Crippen molar-refractivity contribution in [3.8, 4) is 0 Å². The highest BCUT2D eigenvalue weighted by Gasteiger charge is 2.28. The fourth-order valence-electron chi connectivity index (χ4n) is 1.78. The zero-order chi connectivity index (χ0) is 13.1. The van der Waals surface area contributed by atoms with Crippen molar-refractivity contribution in [2.24, 2.45) is 5.92 Å². The van der Waals surface area contributed by atoms with Crippen molar-refractivity contribution in [1.29, 1.82) is 0 Å². The fraction of sp³-hybridized carbons (Fsp3) is 0.462. The van der Waals surface area contributed by atoms with E-state index in [9.17, 15) is 9.18 Å². The van der Waals surface area contributed by atoms with Gasteiger partial charge in [0, 0.05) is 10.6 Å². The van der Waals surface area contributed by atoms with Gasteiger partial charge in [-0.3, -0.25) is 0 Å². The van der Waals surface area contributed by atoms with E-state index in [1.54, 1.807) is 0 Å². The first-order chi connectivity index (χ1) is 8.61. The molecule has 1 aliphatic carbocycles. The van der Waals surface area contributed by atoms with E-state index in [4.69, 9.17) is 16.3 Å². The van der Waals surface area contributed by atoms with Gasteiger partial charge in [-0.2, -0.15) is 0 Å². The minimum absolute atomic E-state index is 0.231. The van der Waals surface area contributed by atoms with Gasteiger partial charge >= 0.3 is 5.97 Å². The van der Waals surface area contributed by atoms with Crippen LogP contribution in [0.25, 0.3) is 0 Å². The molecule has 1 unspecified atom stereocenters. The number of hydrogen-bond donors (Lipinski definition) is 1. The molecule has 0 bridgehead atoms. The lowest BCUT2D eigenvalue weighted by Gasteiger charge is -2.17. The molecule has 1 N–H and O–H groups in total. The largest absolute Gasteiger partial charge is 0.468 e. The zero-order valence-corrected chi connectivity index (χ0v) is 10.8. The molecule has 98 valence electrons. The highest BCUT2D eigenvalue weighted by atomic mass is 35.5. The molecule has 1 atom stereocenters. The quantitative estimate of drug-likeness (QED) is 0.837. The minimum Gasteiger partial charge on any atom is -0.468 e. The van der Waals surface area contributed by atoms with Gasteiger partial charge in [0.25, 0.3) is 0 Å². The third-order valence-electron chi connectivity index (χ3n) is 3.01. The van der Waals surface area contributed by atoms with Gasteiger partial charge in [-0.1, -0.05) is 11.6 Å². The molecule has 1 fully saturated rings. The standard InChI is InChI=1S/C13H15ClFNO2/c1-18-13(17)12(16-7-8-2-3-8)10-6-9(14)4-5-11(10)15/h4-6,8,12,16H,2-3,7H2,1H3. The van der Waals surface area contributed by atoms with Crippen LogP contribution >= 0.6 is 11.6 Å². The summed E-state index contributed by atoms with van der Waals surface area (Å²) in [6, 6.07) is 3.37. The number of halogens is 2. The first kappa shape index (κ1) is 13.3. The van der Waals surface area contributed by atoms with Crippen molar-refractivity contribution in [3.05, 3.63) is 34.6 Å². The Hall–Kier alpha value is -1.13. The molecule has 0 spiro atoms. The number of hydrogen-bond acceptors (Lipinski definition) is 3. The summed E-state index contributed by atoms with van der Waals surface area (Å²) in [6.45, 7) is 0.686. The molecule has 5 heteroatoms. The number of esters is 1. The van der Waals surface area contributed by atoms with Crippen molar-refractivity contribution in [2.75, 3.05) is 13.7 Å². The van der Waals surface area contributed by atoms with E-state index in [2.05, 4.69) is 5.32 Å². The zero-order valence-electron chi connectivity index (χ0n) is 10.1. The second kappa shape index (κ2) is 5.67. The summed E-state index contributed by atoms with van der Waals surface area (Å²) in [5, 5.41) is 3.44. The molecule has 1 aromatic rings. The number of benzene rings is 1. The molecule has 1 aromatic carbocycles. The monoisotopic (exact) mass is 271 g/mol.